The first-order valence-corrected chi connectivity index (χ1v) is 13.8. The molecule has 36 heavy (non-hydrogen) atoms. The van der Waals surface area contributed by atoms with Crippen LogP contribution in [0.15, 0.2) is 59.8 Å². The molecule has 9 heteroatoms. The zero-order valence-electron chi connectivity index (χ0n) is 21.0. The van der Waals surface area contributed by atoms with E-state index in [1.807, 2.05) is 13.0 Å². The van der Waals surface area contributed by atoms with Crippen molar-refractivity contribution in [2.75, 3.05) is 0 Å². The van der Waals surface area contributed by atoms with Gasteiger partial charge in [-0.2, -0.15) is 0 Å². The van der Waals surface area contributed by atoms with Crippen molar-refractivity contribution in [1.29, 1.82) is 0 Å². The molecule has 2 aliphatic rings. The first-order valence-electron chi connectivity index (χ1n) is 12.4. The summed E-state index contributed by atoms with van der Waals surface area (Å²) in [6.07, 6.45) is 5.51. The number of sulfonamides is 1. The molecule has 8 nitrogen and oxygen atoms in total. The molecule has 0 spiro atoms. The minimum Gasteiger partial charge on any atom is -0.352 e. The summed E-state index contributed by atoms with van der Waals surface area (Å²) >= 11 is 0. The van der Waals surface area contributed by atoms with Gasteiger partial charge in [-0.15, -0.1) is 0 Å². The van der Waals surface area contributed by atoms with E-state index in [9.17, 15) is 18.0 Å². The Kier molecular flexibility index (Phi) is 7.80. The number of hydrogen-bond acceptors (Lipinski definition) is 5. The van der Waals surface area contributed by atoms with Crippen LogP contribution in [0.3, 0.4) is 0 Å². The summed E-state index contributed by atoms with van der Waals surface area (Å²) in [6.45, 7) is 6.46. The monoisotopic (exact) mass is 510 g/mol. The number of hydrogen-bond donors (Lipinski definition) is 3. The number of carbonyl (C=O) groups excluding carboxylic acids is 2. The molecule has 2 aromatic carbocycles. The molecule has 0 fully saturated rings. The van der Waals surface area contributed by atoms with Crippen molar-refractivity contribution >= 4 is 21.8 Å². The molecule has 0 saturated heterocycles. The average molecular weight is 511 g/mol. The molecule has 2 amide bonds. The third kappa shape index (κ3) is 5.79. The Morgan fingerprint density at radius 3 is 2.64 bits per heavy atom. The van der Waals surface area contributed by atoms with Gasteiger partial charge in [-0.25, -0.2) is 8.42 Å². The van der Waals surface area contributed by atoms with E-state index in [-0.39, 0.29) is 11.3 Å². The van der Waals surface area contributed by atoms with E-state index in [1.165, 1.54) is 35.7 Å². The van der Waals surface area contributed by atoms with Crippen LogP contribution in [0.4, 0.5) is 0 Å². The van der Waals surface area contributed by atoms with E-state index in [0.717, 1.165) is 34.7 Å². The number of nitrogens with one attached hydrogen (secondary N) is 3. The second kappa shape index (κ2) is 10.8. The summed E-state index contributed by atoms with van der Waals surface area (Å²) in [4.78, 5) is 25.4. The van der Waals surface area contributed by atoms with Crippen molar-refractivity contribution in [3.8, 4) is 0 Å². The quantitative estimate of drug-likeness (QED) is 0.506. The van der Waals surface area contributed by atoms with Crippen molar-refractivity contribution in [1.82, 2.24) is 20.3 Å². The highest BCUT2D eigenvalue weighted by Crippen LogP contribution is 2.31. The third-order valence-electron chi connectivity index (χ3n) is 6.58. The maximum Gasteiger partial charge on any atom is 0.264 e. The van der Waals surface area contributed by atoms with Gasteiger partial charge in [-0.1, -0.05) is 49.7 Å². The Balaban J connectivity index is 1.43. The van der Waals surface area contributed by atoms with Crippen molar-refractivity contribution < 1.29 is 18.0 Å². The summed E-state index contributed by atoms with van der Waals surface area (Å²) in [5, 5.41) is 8.99. The molecule has 4 rings (SSSR count). The normalized spacial score (nSPS) is 19.7. The summed E-state index contributed by atoms with van der Waals surface area (Å²) in [7, 11) is -4.00. The Bertz CT molecular complexity index is 1260. The van der Waals surface area contributed by atoms with Crippen LogP contribution < -0.4 is 16.0 Å². The fraction of sp³-hybridized carbons (Fsp3) is 0.407. The van der Waals surface area contributed by atoms with Gasteiger partial charge < -0.3 is 16.0 Å². The van der Waals surface area contributed by atoms with Gasteiger partial charge in [0.2, 0.25) is 11.8 Å². The van der Waals surface area contributed by atoms with E-state index in [2.05, 4.69) is 41.9 Å². The number of nitrogens with zero attached hydrogens (tertiary/aromatic N) is 1. The molecule has 2 unspecified atom stereocenters. The molecule has 0 saturated carbocycles. The standard InChI is InChI=1S/C27H34N4O4S/c1-18(2)30-24-6-4-5-21-15-20(9-12-23(21)24)17-29-26(32)16-25-27(33)28-13-14-31(25)36(34,35)22-10-7-19(3)8-11-22/h7-15,18,24-25,30H,4-6,16-17H2,1-3H3,(H,28,33)(H,29,32). The molecule has 0 aromatic heterocycles. The van der Waals surface area contributed by atoms with Gasteiger partial charge in [0, 0.05) is 31.0 Å². The maximum atomic E-state index is 13.2. The number of benzene rings is 2. The molecule has 192 valence electrons. The maximum absolute atomic E-state index is 13.2. The van der Waals surface area contributed by atoms with Crippen LogP contribution in [0.1, 0.15) is 61.4 Å². The Morgan fingerprint density at radius 2 is 1.92 bits per heavy atom. The van der Waals surface area contributed by atoms with Gasteiger partial charge in [0.1, 0.15) is 6.04 Å². The topological polar surface area (TPSA) is 108 Å². The summed E-state index contributed by atoms with van der Waals surface area (Å²) < 4.78 is 27.4. The largest absolute Gasteiger partial charge is 0.352 e. The zero-order chi connectivity index (χ0) is 25.9. The average Bonchev–Trinajstić information content (AvgIpc) is 2.84. The predicted molar refractivity (Wildman–Crippen MR) is 138 cm³/mol. The number of amides is 2. The van der Waals surface area contributed by atoms with Crippen molar-refractivity contribution in [2.45, 2.75) is 76.0 Å². The van der Waals surface area contributed by atoms with Crippen LogP contribution >= 0.6 is 0 Å². The van der Waals surface area contributed by atoms with Crippen LogP contribution in [-0.4, -0.2) is 36.6 Å². The number of carbonyl (C=O) groups is 2. The molecule has 1 heterocycles. The minimum atomic E-state index is -4.00. The lowest BCUT2D eigenvalue weighted by atomic mass is 9.86. The van der Waals surface area contributed by atoms with Crippen LogP contribution in [0, 0.1) is 6.92 Å². The highest BCUT2D eigenvalue weighted by molar-refractivity contribution is 7.89. The predicted octanol–water partition coefficient (Wildman–Crippen LogP) is 3.04. The Labute approximate surface area is 213 Å². The smallest absolute Gasteiger partial charge is 0.264 e. The van der Waals surface area contributed by atoms with Crippen molar-refractivity contribution in [3.05, 3.63) is 77.1 Å². The second-order valence-corrected chi connectivity index (χ2v) is 11.6. The molecule has 2 atom stereocenters. The van der Waals surface area contributed by atoms with Gasteiger partial charge in [-0.3, -0.25) is 13.9 Å². The first kappa shape index (κ1) is 25.9. The van der Waals surface area contributed by atoms with Crippen LogP contribution in [-0.2, 0) is 32.6 Å². The van der Waals surface area contributed by atoms with E-state index >= 15 is 0 Å². The summed E-state index contributed by atoms with van der Waals surface area (Å²) in [5.41, 5.74) is 4.50. The summed E-state index contributed by atoms with van der Waals surface area (Å²) in [6, 6.07) is 12.2. The minimum absolute atomic E-state index is 0.0668. The molecule has 1 aliphatic heterocycles. The Morgan fingerprint density at radius 1 is 1.17 bits per heavy atom. The molecular formula is C27H34N4O4S. The molecule has 2 aromatic rings. The van der Waals surface area contributed by atoms with Gasteiger partial charge in [0.05, 0.1) is 11.3 Å². The van der Waals surface area contributed by atoms with E-state index < -0.39 is 27.9 Å². The lowest BCUT2D eigenvalue weighted by Gasteiger charge is -2.31. The van der Waals surface area contributed by atoms with Crippen molar-refractivity contribution in [3.63, 3.8) is 0 Å². The van der Waals surface area contributed by atoms with Crippen LogP contribution in [0.5, 0.6) is 0 Å². The first-order chi connectivity index (χ1) is 17.1. The third-order valence-corrected chi connectivity index (χ3v) is 8.38. The molecule has 0 bridgehead atoms. The van der Waals surface area contributed by atoms with Gasteiger partial charge in [0.25, 0.3) is 10.0 Å². The zero-order valence-corrected chi connectivity index (χ0v) is 21.8. The van der Waals surface area contributed by atoms with Gasteiger partial charge >= 0.3 is 0 Å². The molecular weight excluding hydrogens is 476 g/mol. The molecule has 1 aliphatic carbocycles. The Hall–Kier alpha value is -3.17. The highest BCUT2D eigenvalue weighted by atomic mass is 32.2. The van der Waals surface area contributed by atoms with E-state index in [4.69, 9.17) is 0 Å². The fourth-order valence-electron chi connectivity index (χ4n) is 4.77. The van der Waals surface area contributed by atoms with Crippen LogP contribution in [0.2, 0.25) is 0 Å². The second-order valence-electron chi connectivity index (χ2n) is 9.77. The van der Waals surface area contributed by atoms with Gasteiger partial charge in [-0.05, 0) is 55.0 Å². The molecule has 3 N–H and O–H groups in total. The number of fused-ring (bicyclic) bond motifs is 1. The number of aryl methyl sites for hydroxylation is 2. The van der Waals surface area contributed by atoms with E-state index in [1.54, 1.807) is 12.1 Å². The van der Waals surface area contributed by atoms with E-state index in [0.29, 0.717) is 18.6 Å². The molecule has 0 radical (unpaired) electrons. The highest BCUT2D eigenvalue weighted by Gasteiger charge is 2.36. The fourth-order valence-corrected chi connectivity index (χ4v) is 6.22. The van der Waals surface area contributed by atoms with Crippen molar-refractivity contribution in [2.24, 2.45) is 0 Å². The van der Waals surface area contributed by atoms with Gasteiger partial charge in [0.15, 0.2) is 0 Å². The van der Waals surface area contributed by atoms with Crippen LogP contribution in [0.25, 0.3) is 0 Å². The number of rotatable bonds is 8. The SMILES string of the molecule is Cc1ccc(S(=O)(=O)N2C=CNC(=O)C2CC(=O)NCc2ccc3c(c2)CCCC3NC(C)C)cc1. The lowest BCUT2D eigenvalue weighted by molar-refractivity contribution is -0.129. The lowest BCUT2D eigenvalue weighted by Crippen LogP contribution is -2.51. The summed E-state index contributed by atoms with van der Waals surface area (Å²) in [5.74, 6) is -0.938.